The molecule has 9 nitrogen and oxygen atoms in total. The summed E-state index contributed by atoms with van der Waals surface area (Å²) in [6.45, 7) is 2.36. The Balaban J connectivity index is 1.56. The smallest absolute Gasteiger partial charge is 0.268 e. The summed E-state index contributed by atoms with van der Waals surface area (Å²) in [5, 5.41) is 15.6. The summed E-state index contributed by atoms with van der Waals surface area (Å²) in [6, 6.07) is 12.3. The highest BCUT2D eigenvalue weighted by Gasteiger charge is 2.50. The standard InChI is InChI=1S/C25H22FN5O4/c1-13-8-9-31(2)24(33)25(13,34)20-12-19(35-30-20)14-4-3-5-15(10-14)23-28-18-11-16(26)6-7-17(18)21(29-23)22(27)32/h3-7,10-13,34H,8-9H2,1-2H3,(H2,27,32)/t13-,25?/m0/s1. The summed E-state index contributed by atoms with van der Waals surface area (Å²) in [5.74, 6) is -1.53. The Morgan fingerprint density at radius 2 is 1.97 bits per heavy atom. The lowest BCUT2D eigenvalue weighted by atomic mass is 9.79. The predicted molar refractivity (Wildman–Crippen MR) is 124 cm³/mol. The number of piperidine rings is 1. The summed E-state index contributed by atoms with van der Waals surface area (Å²) in [7, 11) is 1.64. The average Bonchev–Trinajstić information content (AvgIpc) is 3.35. The number of nitrogens with two attached hydrogens (primary N) is 1. The molecule has 1 aliphatic heterocycles. The molecule has 35 heavy (non-hydrogen) atoms. The fourth-order valence-corrected chi connectivity index (χ4v) is 4.38. The van der Waals surface area contributed by atoms with E-state index < -0.39 is 23.2 Å². The second-order valence-corrected chi connectivity index (χ2v) is 8.76. The van der Waals surface area contributed by atoms with E-state index >= 15 is 0 Å². The molecule has 0 bridgehead atoms. The van der Waals surface area contributed by atoms with Gasteiger partial charge in [0.1, 0.15) is 17.2 Å². The molecule has 2 atom stereocenters. The zero-order valence-electron chi connectivity index (χ0n) is 19.0. The molecular formula is C25H22FN5O4. The van der Waals surface area contributed by atoms with E-state index in [0.29, 0.717) is 35.2 Å². The van der Waals surface area contributed by atoms with E-state index in [1.807, 2.05) is 0 Å². The van der Waals surface area contributed by atoms with Crippen LogP contribution in [0.4, 0.5) is 4.39 Å². The summed E-state index contributed by atoms with van der Waals surface area (Å²) < 4.78 is 19.3. The van der Waals surface area contributed by atoms with Crippen molar-refractivity contribution < 1.29 is 23.6 Å². The van der Waals surface area contributed by atoms with Gasteiger partial charge in [0.2, 0.25) is 0 Å². The first-order valence-corrected chi connectivity index (χ1v) is 11.0. The van der Waals surface area contributed by atoms with Crippen molar-refractivity contribution in [3.05, 3.63) is 65.7 Å². The highest BCUT2D eigenvalue weighted by Crippen LogP contribution is 2.38. The van der Waals surface area contributed by atoms with Crippen LogP contribution in [-0.2, 0) is 10.4 Å². The van der Waals surface area contributed by atoms with Crippen molar-refractivity contribution >= 4 is 22.7 Å². The van der Waals surface area contributed by atoms with Crippen LogP contribution in [0.2, 0.25) is 0 Å². The molecule has 3 heterocycles. The van der Waals surface area contributed by atoms with E-state index in [9.17, 15) is 19.1 Å². The van der Waals surface area contributed by atoms with Gasteiger partial charge in [0.05, 0.1) is 5.52 Å². The number of likely N-dealkylation sites (tertiary alicyclic amines) is 1. The molecule has 1 saturated heterocycles. The summed E-state index contributed by atoms with van der Waals surface area (Å²) in [4.78, 5) is 35.0. The first-order chi connectivity index (χ1) is 16.7. The van der Waals surface area contributed by atoms with Crippen LogP contribution in [-0.4, -0.2) is 50.5 Å². The number of rotatable bonds is 4. The van der Waals surface area contributed by atoms with Crippen molar-refractivity contribution in [1.29, 1.82) is 0 Å². The van der Waals surface area contributed by atoms with Gasteiger partial charge in [-0.3, -0.25) is 9.59 Å². The summed E-state index contributed by atoms with van der Waals surface area (Å²) in [5.41, 5.74) is 5.18. The minimum Gasteiger partial charge on any atom is -0.374 e. The number of carbonyl (C=O) groups is 2. The highest BCUT2D eigenvalue weighted by molar-refractivity contribution is 6.04. The quantitative estimate of drug-likeness (QED) is 0.463. The molecule has 1 fully saturated rings. The first-order valence-electron chi connectivity index (χ1n) is 11.0. The number of nitrogens with zero attached hydrogens (tertiary/aromatic N) is 4. The minimum absolute atomic E-state index is 0.0199. The Bertz CT molecular complexity index is 1490. The van der Waals surface area contributed by atoms with Crippen molar-refractivity contribution in [2.75, 3.05) is 13.6 Å². The van der Waals surface area contributed by atoms with Crippen LogP contribution >= 0.6 is 0 Å². The van der Waals surface area contributed by atoms with Crippen molar-refractivity contribution in [2.24, 2.45) is 11.7 Å². The van der Waals surface area contributed by atoms with Crippen LogP contribution < -0.4 is 5.73 Å². The Morgan fingerprint density at radius 1 is 1.20 bits per heavy atom. The second-order valence-electron chi connectivity index (χ2n) is 8.76. The molecule has 0 saturated carbocycles. The molecular weight excluding hydrogens is 453 g/mol. The average molecular weight is 475 g/mol. The van der Waals surface area contributed by atoms with E-state index in [-0.39, 0.29) is 28.6 Å². The Kier molecular flexibility index (Phi) is 5.32. The van der Waals surface area contributed by atoms with E-state index in [1.165, 1.54) is 29.2 Å². The maximum absolute atomic E-state index is 13.8. The number of primary amides is 1. The molecule has 10 heteroatoms. The molecule has 4 aromatic rings. The zero-order valence-corrected chi connectivity index (χ0v) is 19.0. The molecule has 2 aromatic heterocycles. The molecule has 0 aliphatic carbocycles. The van der Waals surface area contributed by atoms with Crippen molar-refractivity contribution in [3.63, 3.8) is 0 Å². The lowest BCUT2D eigenvalue weighted by molar-refractivity contribution is -0.165. The van der Waals surface area contributed by atoms with Gasteiger partial charge < -0.3 is 20.3 Å². The van der Waals surface area contributed by atoms with Crippen LogP contribution in [0.3, 0.4) is 0 Å². The van der Waals surface area contributed by atoms with Gasteiger partial charge in [-0.2, -0.15) is 0 Å². The van der Waals surface area contributed by atoms with Gasteiger partial charge in [0, 0.05) is 48.2 Å². The Hall–Kier alpha value is -4.18. The number of halogens is 1. The number of likely N-dealkylation sites (N-methyl/N-ethyl adjacent to an activating group) is 1. The lowest BCUT2D eigenvalue weighted by Crippen LogP contribution is -2.54. The Labute approximate surface area is 199 Å². The number of hydrogen-bond acceptors (Lipinski definition) is 7. The molecule has 2 amide bonds. The SMILES string of the molecule is C[C@H]1CCN(C)C(=O)C1(O)c1cc(-c2cccc(-c3nc(C(N)=O)c4ccc(F)cc4n3)c2)on1. The second kappa shape index (κ2) is 8.24. The third-order valence-corrected chi connectivity index (χ3v) is 6.48. The summed E-state index contributed by atoms with van der Waals surface area (Å²) in [6.07, 6.45) is 0.624. The molecule has 2 aromatic carbocycles. The third-order valence-electron chi connectivity index (χ3n) is 6.48. The predicted octanol–water partition coefficient (Wildman–Crippen LogP) is 2.88. The van der Waals surface area contributed by atoms with Gasteiger partial charge in [-0.15, -0.1) is 0 Å². The van der Waals surface area contributed by atoms with E-state index in [0.717, 1.165) is 0 Å². The number of benzene rings is 2. The monoisotopic (exact) mass is 475 g/mol. The highest BCUT2D eigenvalue weighted by atomic mass is 19.1. The van der Waals surface area contributed by atoms with Gasteiger partial charge in [-0.1, -0.05) is 30.3 Å². The van der Waals surface area contributed by atoms with E-state index in [1.54, 1.807) is 38.2 Å². The van der Waals surface area contributed by atoms with Crippen LogP contribution in [0.1, 0.15) is 29.5 Å². The van der Waals surface area contributed by atoms with Gasteiger partial charge >= 0.3 is 0 Å². The largest absolute Gasteiger partial charge is 0.374 e. The van der Waals surface area contributed by atoms with Gasteiger partial charge in [0.15, 0.2) is 17.2 Å². The first kappa shape index (κ1) is 22.6. The van der Waals surface area contributed by atoms with E-state index in [2.05, 4.69) is 15.1 Å². The minimum atomic E-state index is -1.78. The van der Waals surface area contributed by atoms with Crippen molar-refractivity contribution in [1.82, 2.24) is 20.0 Å². The molecule has 0 spiro atoms. The molecule has 0 radical (unpaired) electrons. The van der Waals surface area contributed by atoms with Crippen LogP contribution in [0.5, 0.6) is 0 Å². The lowest BCUT2D eigenvalue weighted by Gasteiger charge is -2.39. The fourth-order valence-electron chi connectivity index (χ4n) is 4.38. The number of aromatic nitrogens is 3. The molecule has 3 N–H and O–H groups in total. The van der Waals surface area contributed by atoms with Crippen molar-refractivity contribution in [2.45, 2.75) is 18.9 Å². The molecule has 178 valence electrons. The fraction of sp³-hybridized carbons (Fsp3) is 0.240. The van der Waals surface area contributed by atoms with Gasteiger partial charge in [-0.25, -0.2) is 14.4 Å². The van der Waals surface area contributed by atoms with E-state index in [4.69, 9.17) is 10.3 Å². The third kappa shape index (κ3) is 3.71. The summed E-state index contributed by atoms with van der Waals surface area (Å²) >= 11 is 0. The number of fused-ring (bicyclic) bond motifs is 1. The van der Waals surface area contributed by atoms with Crippen molar-refractivity contribution in [3.8, 4) is 22.7 Å². The number of aliphatic hydroxyl groups is 1. The van der Waals surface area contributed by atoms with Crippen LogP contribution in [0, 0.1) is 11.7 Å². The van der Waals surface area contributed by atoms with Crippen LogP contribution in [0.25, 0.3) is 33.6 Å². The van der Waals surface area contributed by atoms with Gasteiger partial charge in [0.25, 0.3) is 11.8 Å². The maximum Gasteiger partial charge on any atom is 0.268 e. The molecule has 1 unspecified atom stereocenters. The normalized spacial score (nSPS) is 20.4. The van der Waals surface area contributed by atoms with Crippen LogP contribution in [0.15, 0.2) is 53.1 Å². The zero-order chi connectivity index (χ0) is 24.9. The Morgan fingerprint density at radius 3 is 2.74 bits per heavy atom. The molecule has 1 aliphatic rings. The van der Waals surface area contributed by atoms with Gasteiger partial charge in [-0.05, 0) is 24.6 Å². The maximum atomic E-state index is 13.8. The number of hydrogen-bond donors (Lipinski definition) is 2. The topological polar surface area (TPSA) is 135 Å². The number of carbonyl (C=O) groups excluding carboxylic acids is 2. The number of amides is 2. The molecule has 5 rings (SSSR count).